The summed E-state index contributed by atoms with van der Waals surface area (Å²) in [5, 5.41) is 1.97. The summed E-state index contributed by atoms with van der Waals surface area (Å²) in [5.41, 5.74) is -1.23. The van der Waals surface area contributed by atoms with E-state index in [-0.39, 0.29) is 22.1 Å². The van der Waals surface area contributed by atoms with Gasteiger partial charge in [0, 0.05) is 13.1 Å². The number of carbonyl (C=O) groups is 2. The molecule has 0 unspecified atom stereocenters. The highest BCUT2D eigenvalue weighted by molar-refractivity contribution is 7.92. The van der Waals surface area contributed by atoms with Crippen LogP contribution in [0.15, 0.2) is 77.7 Å². The highest BCUT2D eigenvalue weighted by Crippen LogP contribution is 2.38. The van der Waals surface area contributed by atoms with Crippen molar-refractivity contribution in [3.8, 4) is 0 Å². The number of likely N-dealkylation sites (tertiary alicyclic amines) is 1. The van der Waals surface area contributed by atoms with E-state index < -0.39 is 44.9 Å². The van der Waals surface area contributed by atoms with E-state index in [0.29, 0.717) is 23.5 Å². The van der Waals surface area contributed by atoms with Crippen LogP contribution in [-0.4, -0.2) is 44.8 Å². The average Bonchev–Trinajstić information content (AvgIpc) is 3.22. The van der Waals surface area contributed by atoms with E-state index in [1.54, 1.807) is 29.2 Å². The van der Waals surface area contributed by atoms with Gasteiger partial charge in [-0.05, 0) is 55.3 Å². The number of alkyl halides is 3. The summed E-state index contributed by atoms with van der Waals surface area (Å²) in [5.74, 6) is -1.11. The van der Waals surface area contributed by atoms with Crippen LogP contribution in [0.2, 0.25) is 5.02 Å². The van der Waals surface area contributed by atoms with Crippen LogP contribution in [0.3, 0.4) is 0 Å². The van der Waals surface area contributed by atoms with Crippen molar-refractivity contribution in [1.82, 2.24) is 4.90 Å². The number of amides is 2. The number of nitrogens with zero attached hydrogens (tertiary/aromatic N) is 2. The molecule has 1 saturated heterocycles. The Morgan fingerprint density at radius 1 is 0.900 bits per heavy atom. The van der Waals surface area contributed by atoms with Gasteiger partial charge < -0.3 is 10.2 Å². The topological polar surface area (TPSA) is 86.8 Å². The molecule has 4 rings (SSSR count). The monoisotopic (exact) mass is 593 g/mol. The predicted octanol–water partition coefficient (Wildman–Crippen LogP) is 6.21. The SMILES string of the molecule is O=C(CN(c1ccc(Cl)c(C(F)(F)F)c1)S(=O)(=O)c1ccccc1)Nc1ccccc1C(=O)N1CCCCCC1. The summed E-state index contributed by atoms with van der Waals surface area (Å²) in [6, 6.07) is 16.0. The number of nitrogens with one attached hydrogen (secondary N) is 1. The van der Waals surface area contributed by atoms with Crippen molar-refractivity contribution in [2.75, 3.05) is 29.3 Å². The Balaban J connectivity index is 1.67. The molecule has 0 atom stereocenters. The lowest BCUT2D eigenvalue weighted by atomic mass is 10.1. The lowest BCUT2D eigenvalue weighted by Gasteiger charge is -2.26. The zero-order chi connectivity index (χ0) is 28.9. The average molecular weight is 594 g/mol. The zero-order valence-corrected chi connectivity index (χ0v) is 22.9. The number of hydrogen-bond acceptors (Lipinski definition) is 4. The molecule has 1 aliphatic rings. The van der Waals surface area contributed by atoms with Crippen molar-refractivity contribution in [3.05, 3.63) is 88.9 Å². The van der Waals surface area contributed by atoms with Gasteiger partial charge >= 0.3 is 6.18 Å². The second-order valence-corrected chi connectivity index (χ2v) is 11.6. The summed E-state index contributed by atoms with van der Waals surface area (Å²) >= 11 is 5.75. The molecule has 0 aromatic heterocycles. The Bertz CT molecular complexity index is 1480. The quantitative estimate of drug-likeness (QED) is 0.353. The van der Waals surface area contributed by atoms with E-state index >= 15 is 0 Å². The van der Waals surface area contributed by atoms with Gasteiger partial charge in [0.05, 0.1) is 32.4 Å². The first-order chi connectivity index (χ1) is 19.0. The molecule has 12 heteroatoms. The predicted molar refractivity (Wildman–Crippen MR) is 147 cm³/mol. The van der Waals surface area contributed by atoms with E-state index in [1.807, 2.05) is 0 Å². The van der Waals surface area contributed by atoms with Gasteiger partial charge in [0.2, 0.25) is 5.91 Å². The molecule has 7 nitrogen and oxygen atoms in total. The fraction of sp³-hybridized carbons (Fsp3) is 0.286. The summed E-state index contributed by atoms with van der Waals surface area (Å²) in [4.78, 5) is 28.0. The third kappa shape index (κ3) is 6.76. The minimum atomic E-state index is -4.86. The lowest BCUT2D eigenvalue weighted by Crippen LogP contribution is -2.39. The van der Waals surface area contributed by atoms with Gasteiger partial charge in [-0.3, -0.25) is 13.9 Å². The molecule has 3 aromatic carbocycles. The van der Waals surface area contributed by atoms with Gasteiger partial charge in [0.25, 0.3) is 15.9 Å². The number of para-hydroxylation sites is 1. The Kier molecular flexibility index (Phi) is 9.05. The van der Waals surface area contributed by atoms with Crippen molar-refractivity contribution in [2.24, 2.45) is 0 Å². The van der Waals surface area contributed by atoms with Gasteiger partial charge in [-0.2, -0.15) is 13.2 Å². The number of anilines is 2. The van der Waals surface area contributed by atoms with Crippen LogP contribution in [0.1, 0.15) is 41.6 Å². The zero-order valence-electron chi connectivity index (χ0n) is 21.3. The second-order valence-electron chi connectivity index (χ2n) is 9.29. The number of halogens is 4. The first kappa shape index (κ1) is 29.4. The molecule has 40 heavy (non-hydrogen) atoms. The van der Waals surface area contributed by atoms with Gasteiger partial charge in [0.15, 0.2) is 0 Å². The molecule has 212 valence electrons. The van der Waals surface area contributed by atoms with Gasteiger partial charge in [-0.25, -0.2) is 8.42 Å². The molecule has 2 amide bonds. The number of rotatable bonds is 7. The van der Waals surface area contributed by atoms with Gasteiger partial charge in [0.1, 0.15) is 6.54 Å². The molecule has 1 heterocycles. The van der Waals surface area contributed by atoms with E-state index in [4.69, 9.17) is 11.6 Å². The molecular weight excluding hydrogens is 567 g/mol. The fourth-order valence-electron chi connectivity index (χ4n) is 4.46. The largest absolute Gasteiger partial charge is 0.417 e. The van der Waals surface area contributed by atoms with Crippen molar-refractivity contribution in [3.63, 3.8) is 0 Å². The van der Waals surface area contributed by atoms with Gasteiger partial charge in [-0.1, -0.05) is 54.8 Å². The Hall–Kier alpha value is -3.57. The number of hydrogen-bond donors (Lipinski definition) is 1. The van der Waals surface area contributed by atoms with Crippen molar-refractivity contribution in [1.29, 1.82) is 0 Å². The van der Waals surface area contributed by atoms with Crippen molar-refractivity contribution in [2.45, 2.75) is 36.8 Å². The maximum atomic E-state index is 13.6. The van der Waals surface area contributed by atoms with Crippen LogP contribution in [0.5, 0.6) is 0 Å². The molecule has 3 aromatic rings. The molecule has 0 bridgehead atoms. The maximum Gasteiger partial charge on any atom is 0.417 e. The maximum absolute atomic E-state index is 13.6. The summed E-state index contributed by atoms with van der Waals surface area (Å²) < 4.78 is 68.5. The minimum Gasteiger partial charge on any atom is -0.339 e. The van der Waals surface area contributed by atoms with Crippen LogP contribution in [0.4, 0.5) is 24.5 Å². The molecule has 0 saturated carbocycles. The lowest BCUT2D eigenvalue weighted by molar-refractivity contribution is -0.137. The van der Waals surface area contributed by atoms with Crippen LogP contribution in [0, 0.1) is 0 Å². The molecular formula is C28H27ClF3N3O4S. The third-order valence-corrected chi connectivity index (χ3v) is 8.60. The van der Waals surface area contributed by atoms with Crippen LogP contribution >= 0.6 is 11.6 Å². The molecule has 1 fully saturated rings. The second kappa shape index (κ2) is 12.3. The minimum absolute atomic E-state index is 0.172. The molecule has 0 aliphatic carbocycles. The Morgan fingerprint density at radius 3 is 2.17 bits per heavy atom. The molecule has 0 spiro atoms. The Morgan fingerprint density at radius 2 is 1.52 bits per heavy atom. The van der Waals surface area contributed by atoms with Crippen LogP contribution in [-0.2, 0) is 21.0 Å². The van der Waals surface area contributed by atoms with Crippen molar-refractivity contribution < 1.29 is 31.2 Å². The van der Waals surface area contributed by atoms with Gasteiger partial charge in [-0.15, -0.1) is 0 Å². The number of benzene rings is 3. The fourth-order valence-corrected chi connectivity index (χ4v) is 6.12. The van der Waals surface area contributed by atoms with Crippen LogP contribution < -0.4 is 9.62 Å². The van der Waals surface area contributed by atoms with E-state index in [9.17, 15) is 31.2 Å². The van der Waals surface area contributed by atoms with E-state index in [0.717, 1.165) is 37.8 Å². The van der Waals surface area contributed by atoms with E-state index in [1.165, 1.54) is 30.3 Å². The molecule has 1 N–H and O–H groups in total. The summed E-state index contributed by atoms with van der Waals surface area (Å²) in [7, 11) is -4.48. The summed E-state index contributed by atoms with van der Waals surface area (Å²) in [6.45, 7) is 0.313. The summed E-state index contributed by atoms with van der Waals surface area (Å²) in [6.07, 6.45) is -1.07. The first-order valence-electron chi connectivity index (χ1n) is 12.6. The Labute approximate surface area is 235 Å². The first-order valence-corrected chi connectivity index (χ1v) is 14.4. The standard InChI is InChI=1S/C28H27ClF3N3O4S/c29-24-15-14-20(18-23(24)28(30,31)32)35(40(38,39)21-10-4-3-5-11-21)19-26(36)33-25-13-7-6-12-22(25)27(37)34-16-8-1-2-9-17-34/h3-7,10-15,18H,1-2,8-9,16-17,19H2,(H,33,36). The van der Waals surface area contributed by atoms with Crippen LogP contribution in [0.25, 0.3) is 0 Å². The molecule has 0 radical (unpaired) electrons. The smallest absolute Gasteiger partial charge is 0.339 e. The van der Waals surface area contributed by atoms with Crippen molar-refractivity contribution >= 4 is 44.8 Å². The number of sulfonamides is 1. The van der Waals surface area contributed by atoms with E-state index in [2.05, 4.69) is 5.32 Å². The highest BCUT2D eigenvalue weighted by atomic mass is 35.5. The number of carbonyl (C=O) groups excluding carboxylic acids is 2. The highest BCUT2D eigenvalue weighted by Gasteiger charge is 2.35. The third-order valence-electron chi connectivity index (χ3n) is 6.49. The normalized spacial score (nSPS) is 14.3. The molecule has 1 aliphatic heterocycles.